The molecule has 0 spiro atoms. The number of ether oxygens (including phenoxy) is 2. The fourth-order valence-corrected chi connectivity index (χ4v) is 1.96. The van der Waals surface area contributed by atoms with Gasteiger partial charge >= 0.3 is 12.3 Å². The quantitative estimate of drug-likeness (QED) is 0.818. The Balaban J connectivity index is 2.21. The molecule has 0 saturated carbocycles. The van der Waals surface area contributed by atoms with Gasteiger partial charge in [-0.05, 0) is 35.9 Å². The zero-order chi connectivity index (χ0) is 17.7. The molecule has 2 rings (SSSR count). The van der Waals surface area contributed by atoms with E-state index in [0.29, 0.717) is 16.9 Å². The van der Waals surface area contributed by atoms with Crippen LogP contribution in [0, 0.1) is 0 Å². The van der Waals surface area contributed by atoms with Crippen LogP contribution >= 0.6 is 0 Å². The van der Waals surface area contributed by atoms with Crippen LogP contribution in [-0.2, 0) is 0 Å². The topological polar surface area (TPSA) is 55.8 Å². The maximum absolute atomic E-state index is 12.1. The molecule has 4 nitrogen and oxygen atoms in total. The molecule has 0 unspecified atom stereocenters. The van der Waals surface area contributed by atoms with Crippen molar-refractivity contribution < 1.29 is 32.5 Å². The van der Waals surface area contributed by atoms with Gasteiger partial charge in [0.1, 0.15) is 11.5 Å². The van der Waals surface area contributed by atoms with E-state index in [1.165, 1.54) is 49.6 Å². The van der Waals surface area contributed by atoms with Crippen molar-refractivity contribution in [1.82, 2.24) is 0 Å². The van der Waals surface area contributed by atoms with E-state index in [4.69, 9.17) is 9.84 Å². The Labute approximate surface area is 135 Å². The number of halogens is 3. The minimum atomic E-state index is -4.73. The summed E-state index contributed by atoms with van der Waals surface area (Å²) < 4.78 is 45.2. The molecule has 0 heterocycles. The van der Waals surface area contributed by atoms with Crippen LogP contribution in [0.3, 0.4) is 0 Å². The molecule has 0 radical (unpaired) electrons. The maximum Gasteiger partial charge on any atom is 0.573 e. The second-order valence-corrected chi connectivity index (χ2v) is 4.71. The summed E-state index contributed by atoms with van der Waals surface area (Å²) in [5, 5.41) is 9.01. The van der Waals surface area contributed by atoms with Gasteiger partial charge in [-0.2, -0.15) is 0 Å². The average molecular weight is 338 g/mol. The Morgan fingerprint density at radius 2 is 1.75 bits per heavy atom. The lowest BCUT2D eigenvalue weighted by Gasteiger charge is -2.08. The average Bonchev–Trinajstić information content (AvgIpc) is 2.52. The highest BCUT2D eigenvalue weighted by Gasteiger charge is 2.30. The highest BCUT2D eigenvalue weighted by Crippen LogP contribution is 2.25. The summed E-state index contributed by atoms with van der Waals surface area (Å²) in [6.07, 6.45) is -1.49. The summed E-state index contributed by atoms with van der Waals surface area (Å²) >= 11 is 0. The summed E-state index contributed by atoms with van der Waals surface area (Å²) in [4.78, 5) is 11.0. The third kappa shape index (κ3) is 4.77. The van der Waals surface area contributed by atoms with Crippen LogP contribution in [0.5, 0.6) is 11.5 Å². The molecule has 0 atom stereocenters. The third-order valence-electron chi connectivity index (χ3n) is 3.05. The normalized spacial score (nSPS) is 11.5. The van der Waals surface area contributed by atoms with Crippen molar-refractivity contribution in [1.29, 1.82) is 0 Å². The van der Waals surface area contributed by atoms with E-state index in [9.17, 15) is 18.0 Å². The summed E-state index contributed by atoms with van der Waals surface area (Å²) in [5.41, 5.74) is 1.25. The zero-order valence-electron chi connectivity index (χ0n) is 12.5. The zero-order valence-corrected chi connectivity index (χ0v) is 12.5. The Morgan fingerprint density at radius 3 is 2.29 bits per heavy atom. The van der Waals surface area contributed by atoms with Gasteiger partial charge in [-0.1, -0.05) is 24.3 Å². The van der Waals surface area contributed by atoms with Gasteiger partial charge in [0.15, 0.2) is 0 Å². The molecule has 0 saturated heterocycles. The fraction of sp³-hybridized carbons (Fsp3) is 0.118. The molecule has 1 N–H and O–H groups in total. The standard InChI is InChI=1S/C17H13F3O4/c1-23-15-9-6-13(16(21)22)10-12(15)5-2-11-3-7-14(8-4-11)24-17(18,19)20/h2-10H,1H3,(H,21,22)/b5-2+. The van der Waals surface area contributed by atoms with Crippen LogP contribution in [0.4, 0.5) is 13.2 Å². The summed E-state index contributed by atoms with van der Waals surface area (Å²) in [6.45, 7) is 0. The molecule has 0 bridgehead atoms. The van der Waals surface area contributed by atoms with E-state index in [1.807, 2.05) is 0 Å². The first-order valence-electron chi connectivity index (χ1n) is 6.74. The number of methoxy groups -OCH3 is 1. The molecule has 0 aliphatic heterocycles. The number of carboxylic acids is 1. The van der Waals surface area contributed by atoms with Crippen molar-refractivity contribution in [2.24, 2.45) is 0 Å². The van der Waals surface area contributed by atoms with Crippen molar-refractivity contribution in [3.63, 3.8) is 0 Å². The first kappa shape index (κ1) is 17.4. The van der Waals surface area contributed by atoms with Gasteiger partial charge in [-0.3, -0.25) is 0 Å². The second-order valence-electron chi connectivity index (χ2n) is 4.71. The van der Waals surface area contributed by atoms with Crippen LogP contribution in [-0.4, -0.2) is 24.5 Å². The van der Waals surface area contributed by atoms with E-state index in [1.54, 1.807) is 12.2 Å². The number of carboxylic acid groups (broad SMARTS) is 1. The van der Waals surface area contributed by atoms with Crippen molar-refractivity contribution in [3.05, 3.63) is 59.2 Å². The Morgan fingerprint density at radius 1 is 1.08 bits per heavy atom. The Hall–Kier alpha value is -2.96. The van der Waals surface area contributed by atoms with Crippen molar-refractivity contribution in [2.45, 2.75) is 6.36 Å². The lowest BCUT2D eigenvalue weighted by atomic mass is 10.1. The van der Waals surface area contributed by atoms with Crippen LogP contribution in [0.25, 0.3) is 12.2 Å². The SMILES string of the molecule is COc1ccc(C(=O)O)cc1/C=C/c1ccc(OC(F)(F)F)cc1. The molecule has 0 aliphatic rings. The largest absolute Gasteiger partial charge is 0.573 e. The number of aromatic carboxylic acids is 1. The van der Waals surface area contributed by atoms with E-state index in [0.717, 1.165) is 0 Å². The molecular weight excluding hydrogens is 325 g/mol. The summed E-state index contributed by atoms with van der Waals surface area (Å²) in [7, 11) is 1.45. The summed E-state index contributed by atoms with van der Waals surface area (Å²) in [6, 6.07) is 9.68. The predicted molar refractivity (Wildman–Crippen MR) is 82.0 cm³/mol. The molecule has 0 amide bonds. The van der Waals surface area contributed by atoms with Gasteiger partial charge in [-0.25, -0.2) is 4.79 Å². The first-order valence-corrected chi connectivity index (χ1v) is 6.74. The monoisotopic (exact) mass is 338 g/mol. The molecule has 0 fully saturated rings. The van der Waals surface area contributed by atoms with Crippen LogP contribution in [0.2, 0.25) is 0 Å². The Bertz CT molecular complexity index is 749. The van der Waals surface area contributed by atoms with Gasteiger partial charge in [0, 0.05) is 5.56 Å². The lowest BCUT2D eigenvalue weighted by Crippen LogP contribution is -2.16. The van der Waals surface area contributed by atoms with Crippen LogP contribution < -0.4 is 9.47 Å². The third-order valence-corrected chi connectivity index (χ3v) is 3.05. The van der Waals surface area contributed by atoms with Gasteiger partial charge in [0.2, 0.25) is 0 Å². The van der Waals surface area contributed by atoms with Gasteiger partial charge in [-0.15, -0.1) is 13.2 Å². The minimum Gasteiger partial charge on any atom is -0.496 e. The van der Waals surface area contributed by atoms with Crippen LogP contribution in [0.15, 0.2) is 42.5 Å². The highest BCUT2D eigenvalue weighted by atomic mass is 19.4. The smallest absolute Gasteiger partial charge is 0.496 e. The molecule has 7 heteroatoms. The molecule has 24 heavy (non-hydrogen) atoms. The van der Waals surface area contributed by atoms with Crippen LogP contribution in [0.1, 0.15) is 21.5 Å². The number of benzene rings is 2. The number of hydrogen-bond acceptors (Lipinski definition) is 3. The molecule has 126 valence electrons. The van der Waals surface area contributed by atoms with Gasteiger partial charge < -0.3 is 14.6 Å². The van der Waals surface area contributed by atoms with Gasteiger partial charge in [0.25, 0.3) is 0 Å². The molecule has 0 aliphatic carbocycles. The number of hydrogen-bond donors (Lipinski definition) is 1. The second kappa shape index (κ2) is 7.08. The number of rotatable bonds is 5. The molecular formula is C17H13F3O4. The van der Waals surface area contributed by atoms with Gasteiger partial charge in [0.05, 0.1) is 12.7 Å². The highest BCUT2D eigenvalue weighted by molar-refractivity contribution is 5.89. The van der Waals surface area contributed by atoms with E-state index in [2.05, 4.69) is 4.74 Å². The molecule has 2 aromatic carbocycles. The number of alkyl halides is 3. The maximum atomic E-state index is 12.1. The summed E-state index contributed by atoms with van der Waals surface area (Å²) in [5.74, 6) is -0.903. The fourth-order valence-electron chi connectivity index (χ4n) is 1.96. The van der Waals surface area contributed by atoms with E-state index in [-0.39, 0.29) is 11.3 Å². The Kier molecular flexibility index (Phi) is 5.13. The molecule has 2 aromatic rings. The lowest BCUT2D eigenvalue weighted by molar-refractivity contribution is -0.274. The van der Waals surface area contributed by atoms with Crippen molar-refractivity contribution in [3.8, 4) is 11.5 Å². The molecule has 0 aromatic heterocycles. The van der Waals surface area contributed by atoms with Crippen molar-refractivity contribution >= 4 is 18.1 Å². The minimum absolute atomic E-state index is 0.101. The van der Waals surface area contributed by atoms with E-state index < -0.39 is 12.3 Å². The number of carbonyl (C=O) groups is 1. The first-order chi connectivity index (χ1) is 11.3. The van der Waals surface area contributed by atoms with E-state index >= 15 is 0 Å². The van der Waals surface area contributed by atoms with Crippen molar-refractivity contribution in [2.75, 3.05) is 7.11 Å². The predicted octanol–water partition coefficient (Wildman–Crippen LogP) is 4.46.